The molecule has 2 aromatic carbocycles. The van der Waals surface area contributed by atoms with Crippen LogP contribution < -0.4 is 10.6 Å². The van der Waals surface area contributed by atoms with E-state index in [9.17, 15) is 29.8 Å². The van der Waals surface area contributed by atoms with Gasteiger partial charge in [-0.15, -0.1) is 0 Å². The quantitative estimate of drug-likeness (QED) is 0.437. The molecule has 2 amide bonds. The van der Waals surface area contributed by atoms with Crippen molar-refractivity contribution in [2.24, 2.45) is 0 Å². The normalized spacial score (nSPS) is 10.3. The van der Waals surface area contributed by atoms with Gasteiger partial charge in [0.15, 0.2) is 0 Å². The second-order valence-corrected chi connectivity index (χ2v) is 6.73. The first-order valence-corrected chi connectivity index (χ1v) is 9.27. The number of anilines is 2. The molecule has 32 heavy (non-hydrogen) atoms. The molecule has 1 heterocycles. The average Bonchev–Trinajstić information content (AvgIpc) is 2.73. The Balaban J connectivity index is 1.80. The number of nitrogens with zero attached hydrogens (tertiary/aromatic N) is 3. The zero-order chi connectivity index (χ0) is 23.4. The number of nitrogens with one attached hydrogen (secondary N) is 2. The number of pyridine rings is 1. The van der Waals surface area contributed by atoms with Gasteiger partial charge in [-0.2, -0.15) is 0 Å². The Hall–Kier alpha value is -4.67. The molecule has 0 atom stereocenters. The minimum Gasteiger partial charge on any atom is -0.306 e. The highest BCUT2D eigenvalue weighted by molar-refractivity contribution is 6.07. The molecule has 0 unspecified atom stereocenters. The Kier molecular flexibility index (Phi) is 6.19. The summed E-state index contributed by atoms with van der Waals surface area (Å²) >= 11 is 0. The van der Waals surface area contributed by atoms with Crippen molar-refractivity contribution >= 4 is 34.8 Å². The van der Waals surface area contributed by atoms with Gasteiger partial charge in [0, 0.05) is 34.4 Å². The first-order valence-electron chi connectivity index (χ1n) is 9.27. The van der Waals surface area contributed by atoms with Gasteiger partial charge in [-0.3, -0.25) is 29.8 Å². The predicted octanol–water partition coefficient (Wildman–Crippen LogP) is 4.02. The third kappa shape index (κ3) is 4.56. The maximum Gasteiger partial charge on any atom is 0.273 e. The van der Waals surface area contributed by atoms with Crippen LogP contribution in [0, 0.1) is 34.1 Å². The number of hydrogen-bond acceptors (Lipinski definition) is 7. The van der Waals surface area contributed by atoms with E-state index in [-0.39, 0.29) is 45.3 Å². The average molecular weight is 435 g/mol. The number of amides is 2. The van der Waals surface area contributed by atoms with Crippen LogP contribution in [0.15, 0.2) is 54.6 Å². The Morgan fingerprint density at radius 1 is 0.719 bits per heavy atom. The molecule has 162 valence electrons. The number of benzene rings is 2. The van der Waals surface area contributed by atoms with Crippen LogP contribution in [-0.4, -0.2) is 26.6 Å². The van der Waals surface area contributed by atoms with Crippen LogP contribution in [-0.2, 0) is 0 Å². The molecular weight excluding hydrogens is 418 g/mol. The highest BCUT2D eigenvalue weighted by Gasteiger charge is 2.20. The summed E-state index contributed by atoms with van der Waals surface area (Å²) < 4.78 is 0. The molecule has 11 heteroatoms. The molecule has 0 saturated heterocycles. The van der Waals surface area contributed by atoms with E-state index in [1.54, 1.807) is 6.07 Å². The van der Waals surface area contributed by atoms with Gasteiger partial charge in [0.05, 0.1) is 9.85 Å². The largest absolute Gasteiger partial charge is 0.306 e. The molecule has 0 spiro atoms. The molecule has 0 aliphatic rings. The van der Waals surface area contributed by atoms with E-state index in [1.165, 1.54) is 62.4 Å². The smallest absolute Gasteiger partial charge is 0.273 e. The third-order valence-electron chi connectivity index (χ3n) is 4.73. The summed E-state index contributed by atoms with van der Waals surface area (Å²) in [6.45, 7) is 2.94. The summed E-state index contributed by atoms with van der Waals surface area (Å²) in [7, 11) is 0. The molecule has 0 aliphatic heterocycles. The fraction of sp³-hybridized carbons (Fsp3) is 0.0952. The third-order valence-corrected chi connectivity index (χ3v) is 4.73. The Bertz CT molecular complexity index is 1160. The van der Waals surface area contributed by atoms with Gasteiger partial charge in [-0.05, 0) is 38.1 Å². The maximum atomic E-state index is 12.6. The number of carbonyl (C=O) groups excluding carboxylic acids is 2. The van der Waals surface area contributed by atoms with Crippen molar-refractivity contribution < 1.29 is 19.4 Å². The van der Waals surface area contributed by atoms with E-state index < -0.39 is 21.7 Å². The molecule has 0 bridgehead atoms. The van der Waals surface area contributed by atoms with Crippen molar-refractivity contribution in [3.8, 4) is 0 Å². The molecule has 0 fully saturated rings. The zero-order valence-corrected chi connectivity index (χ0v) is 17.0. The number of carbonyl (C=O) groups is 2. The minimum absolute atomic E-state index is 0.106. The van der Waals surface area contributed by atoms with E-state index in [4.69, 9.17) is 0 Å². The molecule has 3 rings (SSSR count). The Morgan fingerprint density at radius 2 is 1.09 bits per heavy atom. The lowest BCUT2D eigenvalue weighted by atomic mass is 10.1. The molecule has 0 radical (unpaired) electrons. The maximum absolute atomic E-state index is 12.6. The van der Waals surface area contributed by atoms with Crippen molar-refractivity contribution in [2.75, 3.05) is 10.6 Å². The lowest BCUT2D eigenvalue weighted by Crippen LogP contribution is -2.17. The van der Waals surface area contributed by atoms with E-state index in [0.29, 0.717) is 0 Å². The molecule has 11 nitrogen and oxygen atoms in total. The summed E-state index contributed by atoms with van der Waals surface area (Å²) in [5.41, 5.74) is 0.282. The summed E-state index contributed by atoms with van der Waals surface area (Å²) in [5, 5.41) is 27.3. The number of rotatable bonds is 6. The second kappa shape index (κ2) is 9.00. The zero-order valence-electron chi connectivity index (χ0n) is 17.0. The first-order chi connectivity index (χ1) is 15.2. The first kappa shape index (κ1) is 22.0. The molecule has 0 aliphatic carbocycles. The highest BCUT2D eigenvalue weighted by Crippen LogP contribution is 2.23. The number of nitro groups is 2. The van der Waals surface area contributed by atoms with Gasteiger partial charge in [-0.25, -0.2) is 4.98 Å². The number of hydrogen-bond donors (Lipinski definition) is 2. The number of nitro benzene ring substituents is 2. The Labute approximate surface area is 181 Å². The summed E-state index contributed by atoms with van der Waals surface area (Å²) in [6, 6.07) is 12.8. The number of aromatic nitrogens is 1. The fourth-order valence-electron chi connectivity index (χ4n) is 3.08. The van der Waals surface area contributed by atoms with E-state index in [2.05, 4.69) is 15.6 Å². The fourth-order valence-corrected chi connectivity index (χ4v) is 3.08. The van der Waals surface area contributed by atoms with Gasteiger partial charge in [-0.1, -0.05) is 18.2 Å². The molecule has 0 saturated carbocycles. The Morgan fingerprint density at radius 3 is 1.47 bits per heavy atom. The van der Waals surface area contributed by atoms with Crippen LogP contribution in [0.25, 0.3) is 0 Å². The lowest BCUT2D eigenvalue weighted by Gasteiger charge is -2.10. The van der Waals surface area contributed by atoms with Crippen molar-refractivity contribution in [1.29, 1.82) is 0 Å². The van der Waals surface area contributed by atoms with Gasteiger partial charge < -0.3 is 10.6 Å². The van der Waals surface area contributed by atoms with Crippen LogP contribution in [0.5, 0.6) is 0 Å². The highest BCUT2D eigenvalue weighted by atomic mass is 16.6. The van der Waals surface area contributed by atoms with Crippen LogP contribution in [0.1, 0.15) is 31.8 Å². The lowest BCUT2D eigenvalue weighted by molar-refractivity contribution is -0.385. The van der Waals surface area contributed by atoms with Gasteiger partial charge in [0.1, 0.15) is 11.6 Å². The van der Waals surface area contributed by atoms with Crippen molar-refractivity contribution in [2.45, 2.75) is 13.8 Å². The topological polar surface area (TPSA) is 157 Å². The van der Waals surface area contributed by atoms with E-state index in [1.807, 2.05) is 0 Å². The van der Waals surface area contributed by atoms with E-state index >= 15 is 0 Å². The van der Waals surface area contributed by atoms with Gasteiger partial charge in [0.25, 0.3) is 23.2 Å². The van der Waals surface area contributed by atoms with Crippen LogP contribution in [0.2, 0.25) is 0 Å². The molecule has 3 aromatic rings. The summed E-state index contributed by atoms with van der Waals surface area (Å²) in [4.78, 5) is 50.3. The van der Waals surface area contributed by atoms with Crippen molar-refractivity contribution in [3.05, 3.63) is 97.1 Å². The minimum atomic E-state index is -0.600. The van der Waals surface area contributed by atoms with Gasteiger partial charge in [0.2, 0.25) is 0 Å². The SMILES string of the molecule is Cc1c(C(=O)Nc2cccc(NC(=O)c3cccc([N+](=O)[O-])c3C)n2)cccc1[N+](=O)[O-]. The van der Waals surface area contributed by atoms with Crippen LogP contribution >= 0.6 is 0 Å². The molecule has 1 aromatic heterocycles. The van der Waals surface area contributed by atoms with Gasteiger partial charge >= 0.3 is 0 Å². The predicted molar refractivity (Wildman–Crippen MR) is 116 cm³/mol. The summed E-state index contributed by atoms with van der Waals surface area (Å²) in [6.07, 6.45) is 0. The summed E-state index contributed by atoms with van der Waals surface area (Å²) in [5.74, 6) is -0.989. The van der Waals surface area contributed by atoms with Crippen molar-refractivity contribution in [3.63, 3.8) is 0 Å². The second-order valence-electron chi connectivity index (χ2n) is 6.73. The molecule has 2 N–H and O–H groups in total. The van der Waals surface area contributed by atoms with Crippen LogP contribution in [0.4, 0.5) is 23.0 Å². The molecular formula is C21H17N5O6. The monoisotopic (exact) mass is 435 g/mol. The van der Waals surface area contributed by atoms with E-state index in [0.717, 1.165) is 0 Å². The van der Waals surface area contributed by atoms with Crippen LogP contribution in [0.3, 0.4) is 0 Å². The van der Waals surface area contributed by atoms with Crippen molar-refractivity contribution in [1.82, 2.24) is 4.98 Å². The standard InChI is InChI=1S/C21H17N5O6/c1-12-14(6-3-8-16(12)25(29)30)20(27)23-18-10-5-11-19(22-18)24-21(28)15-7-4-9-17(13(15)2)26(31)32/h3-11H,1-2H3,(H2,22,23,24,27,28).